The Balaban J connectivity index is 1.69. The molecule has 0 aliphatic heterocycles. The first-order chi connectivity index (χ1) is 12.3. The third kappa shape index (κ3) is 4.62. The van der Waals surface area contributed by atoms with Gasteiger partial charge in [-0.15, -0.1) is 0 Å². The van der Waals surface area contributed by atoms with Gasteiger partial charge in [-0.05, 0) is 65.8 Å². The second-order valence-corrected chi connectivity index (χ2v) is 8.06. The van der Waals surface area contributed by atoms with E-state index >= 15 is 0 Å². The zero-order valence-corrected chi connectivity index (χ0v) is 16.2. The molecule has 1 aliphatic carbocycles. The minimum atomic E-state index is -0.156. The van der Waals surface area contributed by atoms with Crippen LogP contribution < -0.4 is 10.1 Å². The summed E-state index contributed by atoms with van der Waals surface area (Å²) in [6, 6.07) is 6.26. The third-order valence-electron chi connectivity index (χ3n) is 5.39. The van der Waals surface area contributed by atoms with E-state index in [1.54, 1.807) is 0 Å². The molecule has 6 heteroatoms. The SMILES string of the molecule is CN(C)C(C)(C)COc1ccc2cnc(NC3CCC(O)CC3)nc2c1. The number of aromatic nitrogens is 2. The van der Waals surface area contributed by atoms with Crippen molar-refractivity contribution in [1.82, 2.24) is 14.9 Å². The highest BCUT2D eigenvalue weighted by atomic mass is 16.5. The molecule has 0 amide bonds. The number of fused-ring (bicyclic) bond motifs is 1. The highest BCUT2D eigenvalue weighted by Crippen LogP contribution is 2.24. The van der Waals surface area contributed by atoms with E-state index in [1.807, 2.05) is 24.4 Å². The fourth-order valence-electron chi connectivity index (χ4n) is 2.95. The molecule has 0 unspecified atom stereocenters. The Bertz CT molecular complexity index is 740. The maximum Gasteiger partial charge on any atom is 0.223 e. The van der Waals surface area contributed by atoms with Crippen LogP contribution in [0.25, 0.3) is 10.9 Å². The van der Waals surface area contributed by atoms with Crippen molar-refractivity contribution >= 4 is 16.9 Å². The summed E-state index contributed by atoms with van der Waals surface area (Å²) in [5.41, 5.74) is 0.831. The first-order valence-electron chi connectivity index (χ1n) is 9.35. The smallest absolute Gasteiger partial charge is 0.223 e. The number of anilines is 1. The number of nitrogens with one attached hydrogen (secondary N) is 1. The molecule has 1 aromatic carbocycles. The predicted octanol–water partition coefficient (Wildman–Crippen LogP) is 3.06. The Morgan fingerprint density at radius 2 is 1.96 bits per heavy atom. The van der Waals surface area contributed by atoms with Crippen molar-refractivity contribution in [3.8, 4) is 5.75 Å². The number of likely N-dealkylation sites (N-methyl/N-ethyl adjacent to an activating group) is 1. The Morgan fingerprint density at radius 3 is 2.65 bits per heavy atom. The molecule has 6 nitrogen and oxygen atoms in total. The Hall–Kier alpha value is -1.92. The van der Waals surface area contributed by atoms with Gasteiger partial charge in [-0.25, -0.2) is 9.97 Å². The van der Waals surface area contributed by atoms with Crippen LogP contribution >= 0.6 is 0 Å². The third-order valence-corrected chi connectivity index (χ3v) is 5.39. The van der Waals surface area contributed by atoms with Crippen LogP contribution in [0.5, 0.6) is 5.75 Å². The number of aliphatic hydroxyl groups is 1. The van der Waals surface area contributed by atoms with E-state index in [4.69, 9.17) is 4.74 Å². The molecule has 2 N–H and O–H groups in total. The molecule has 0 radical (unpaired) electrons. The summed E-state index contributed by atoms with van der Waals surface area (Å²) >= 11 is 0. The van der Waals surface area contributed by atoms with Crippen LogP contribution in [0.3, 0.4) is 0 Å². The van der Waals surface area contributed by atoms with Gasteiger partial charge in [-0.1, -0.05) is 0 Å². The molecule has 142 valence electrons. The molecular weight excluding hydrogens is 328 g/mol. The Morgan fingerprint density at radius 1 is 1.23 bits per heavy atom. The summed E-state index contributed by atoms with van der Waals surface area (Å²) in [6.45, 7) is 4.91. The second-order valence-electron chi connectivity index (χ2n) is 8.06. The molecule has 0 bridgehead atoms. The number of hydrogen-bond donors (Lipinski definition) is 2. The molecule has 1 fully saturated rings. The van der Waals surface area contributed by atoms with Crippen LogP contribution in [0.1, 0.15) is 39.5 Å². The first kappa shape index (κ1) is 18.9. The highest BCUT2D eigenvalue weighted by molar-refractivity contribution is 5.80. The Kier molecular flexibility index (Phi) is 5.63. The van der Waals surface area contributed by atoms with E-state index in [-0.39, 0.29) is 11.6 Å². The van der Waals surface area contributed by atoms with Crippen molar-refractivity contribution < 1.29 is 9.84 Å². The summed E-state index contributed by atoms with van der Waals surface area (Å²) in [5.74, 6) is 1.46. The van der Waals surface area contributed by atoms with Gasteiger partial charge in [0, 0.05) is 29.2 Å². The van der Waals surface area contributed by atoms with Gasteiger partial charge in [-0.2, -0.15) is 0 Å². The molecule has 26 heavy (non-hydrogen) atoms. The van der Waals surface area contributed by atoms with Gasteiger partial charge in [0.15, 0.2) is 0 Å². The van der Waals surface area contributed by atoms with Crippen LogP contribution in [-0.4, -0.2) is 58.4 Å². The van der Waals surface area contributed by atoms with Crippen LogP contribution in [0.4, 0.5) is 5.95 Å². The van der Waals surface area contributed by atoms with Gasteiger partial charge in [-0.3, -0.25) is 0 Å². The van der Waals surface area contributed by atoms with Crippen molar-refractivity contribution in [2.24, 2.45) is 0 Å². The average Bonchev–Trinajstić information content (AvgIpc) is 2.61. The number of benzene rings is 1. The van der Waals surface area contributed by atoms with E-state index in [0.717, 1.165) is 42.3 Å². The van der Waals surface area contributed by atoms with Crippen LogP contribution in [-0.2, 0) is 0 Å². The lowest BCUT2D eigenvalue weighted by Gasteiger charge is -2.32. The topological polar surface area (TPSA) is 70.5 Å². The normalized spacial score (nSPS) is 21.2. The molecule has 0 spiro atoms. The molecule has 0 atom stereocenters. The standard InChI is InChI=1S/C20H30N4O2/c1-20(2,24(3)4)13-26-17-10-5-14-12-21-19(23-18(14)11-17)22-15-6-8-16(25)9-7-15/h5,10-12,15-16,25H,6-9,13H2,1-4H3,(H,21,22,23). The number of nitrogens with zero attached hydrogens (tertiary/aromatic N) is 3. The van der Waals surface area contributed by atoms with Crippen molar-refractivity contribution in [3.63, 3.8) is 0 Å². The van der Waals surface area contributed by atoms with E-state index in [2.05, 4.69) is 48.1 Å². The molecule has 1 aliphatic rings. The van der Waals surface area contributed by atoms with Gasteiger partial charge in [0.2, 0.25) is 5.95 Å². The molecule has 1 heterocycles. The van der Waals surface area contributed by atoms with Crippen molar-refractivity contribution in [2.75, 3.05) is 26.0 Å². The summed E-state index contributed by atoms with van der Waals surface area (Å²) < 4.78 is 5.99. The number of aliphatic hydroxyl groups excluding tert-OH is 1. The van der Waals surface area contributed by atoms with E-state index in [9.17, 15) is 5.11 Å². The summed E-state index contributed by atoms with van der Waals surface area (Å²) in [4.78, 5) is 11.2. The van der Waals surface area contributed by atoms with E-state index in [1.165, 1.54) is 0 Å². The van der Waals surface area contributed by atoms with Crippen LogP contribution in [0.15, 0.2) is 24.4 Å². The van der Waals surface area contributed by atoms with Crippen LogP contribution in [0.2, 0.25) is 0 Å². The maximum atomic E-state index is 9.63. The molecule has 1 saturated carbocycles. The number of ether oxygens (including phenoxy) is 1. The maximum absolute atomic E-state index is 9.63. The van der Waals surface area contributed by atoms with Crippen LogP contribution in [0, 0.1) is 0 Å². The van der Waals surface area contributed by atoms with Gasteiger partial charge in [0.25, 0.3) is 0 Å². The summed E-state index contributed by atoms with van der Waals surface area (Å²) in [6.07, 6.45) is 5.26. The fraction of sp³-hybridized carbons (Fsp3) is 0.600. The van der Waals surface area contributed by atoms with Gasteiger partial charge >= 0.3 is 0 Å². The van der Waals surface area contributed by atoms with Crippen molar-refractivity contribution in [1.29, 1.82) is 0 Å². The molecule has 0 saturated heterocycles. The van der Waals surface area contributed by atoms with Crippen molar-refractivity contribution in [3.05, 3.63) is 24.4 Å². The minimum Gasteiger partial charge on any atom is -0.492 e. The Labute approximate surface area is 155 Å². The lowest BCUT2D eigenvalue weighted by Crippen LogP contribution is -2.43. The predicted molar refractivity (Wildman–Crippen MR) is 105 cm³/mol. The summed E-state index contributed by atoms with van der Waals surface area (Å²) in [5, 5.41) is 14.0. The zero-order chi connectivity index (χ0) is 18.7. The summed E-state index contributed by atoms with van der Waals surface area (Å²) in [7, 11) is 4.11. The molecule has 2 aromatic rings. The van der Waals surface area contributed by atoms with E-state index in [0.29, 0.717) is 18.6 Å². The minimum absolute atomic E-state index is 0.0428. The molecule has 1 aromatic heterocycles. The van der Waals surface area contributed by atoms with Crippen molar-refractivity contribution in [2.45, 2.75) is 57.2 Å². The lowest BCUT2D eigenvalue weighted by atomic mass is 9.93. The second kappa shape index (κ2) is 7.76. The molecular formula is C20H30N4O2. The monoisotopic (exact) mass is 358 g/mol. The van der Waals surface area contributed by atoms with Gasteiger partial charge in [0.1, 0.15) is 12.4 Å². The lowest BCUT2D eigenvalue weighted by molar-refractivity contribution is 0.114. The first-order valence-corrected chi connectivity index (χ1v) is 9.35. The average molecular weight is 358 g/mol. The quantitative estimate of drug-likeness (QED) is 0.827. The zero-order valence-electron chi connectivity index (χ0n) is 16.2. The highest BCUT2D eigenvalue weighted by Gasteiger charge is 2.22. The largest absolute Gasteiger partial charge is 0.492 e. The van der Waals surface area contributed by atoms with Gasteiger partial charge in [0.05, 0.1) is 11.6 Å². The fourth-order valence-corrected chi connectivity index (χ4v) is 2.95. The number of rotatable bonds is 6. The van der Waals surface area contributed by atoms with Gasteiger partial charge < -0.3 is 20.1 Å². The van der Waals surface area contributed by atoms with E-state index < -0.39 is 0 Å². The number of hydrogen-bond acceptors (Lipinski definition) is 6. The molecule has 3 rings (SSSR count).